The summed E-state index contributed by atoms with van der Waals surface area (Å²) in [4.78, 5) is 15.0. The summed E-state index contributed by atoms with van der Waals surface area (Å²) in [5.41, 5.74) is 0. The Bertz CT molecular complexity index is 373. The highest BCUT2D eigenvalue weighted by atomic mass is 19.4. The van der Waals surface area contributed by atoms with Gasteiger partial charge in [-0.25, -0.2) is 0 Å². The predicted molar refractivity (Wildman–Crippen MR) is 73.9 cm³/mol. The van der Waals surface area contributed by atoms with Crippen molar-refractivity contribution in [2.24, 2.45) is 5.92 Å². The van der Waals surface area contributed by atoms with Crippen LogP contribution in [0, 0.1) is 5.92 Å². The molecule has 1 amide bonds. The lowest BCUT2D eigenvalue weighted by Crippen LogP contribution is -2.61. The van der Waals surface area contributed by atoms with Crippen molar-refractivity contribution < 1.29 is 18.0 Å². The Morgan fingerprint density at radius 1 is 1.38 bits per heavy atom. The fourth-order valence-corrected chi connectivity index (χ4v) is 3.25. The summed E-state index contributed by atoms with van der Waals surface area (Å²) in [7, 11) is 0. The van der Waals surface area contributed by atoms with Crippen LogP contribution < -0.4 is 5.32 Å². The zero-order valence-corrected chi connectivity index (χ0v) is 12.6. The Morgan fingerprint density at radius 3 is 2.71 bits per heavy atom. The van der Waals surface area contributed by atoms with Gasteiger partial charge in [-0.3, -0.25) is 9.69 Å². The minimum absolute atomic E-state index is 0.150. The minimum Gasteiger partial charge on any atom is -0.353 e. The predicted octanol–water partition coefficient (Wildman–Crippen LogP) is 1.47. The van der Waals surface area contributed by atoms with Crippen LogP contribution in [0.15, 0.2) is 0 Å². The van der Waals surface area contributed by atoms with Crippen LogP contribution in [0.5, 0.6) is 0 Å². The maximum atomic E-state index is 13.1. The SMILES string of the molecule is CC(C)N1CCCC(CN2CC(=O)NCC2C(F)(F)F)C1. The van der Waals surface area contributed by atoms with Crippen molar-refractivity contribution in [1.82, 2.24) is 15.1 Å². The molecule has 0 aromatic carbocycles. The van der Waals surface area contributed by atoms with Crippen LogP contribution in [0.4, 0.5) is 13.2 Å². The van der Waals surface area contributed by atoms with Gasteiger partial charge < -0.3 is 10.2 Å². The molecule has 1 N–H and O–H groups in total. The topological polar surface area (TPSA) is 35.6 Å². The molecule has 2 heterocycles. The summed E-state index contributed by atoms with van der Waals surface area (Å²) < 4.78 is 39.2. The zero-order chi connectivity index (χ0) is 15.6. The van der Waals surface area contributed by atoms with E-state index in [1.54, 1.807) is 0 Å². The number of piperidine rings is 1. The molecular formula is C14H24F3N3O. The molecule has 0 aliphatic carbocycles. The van der Waals surface area contributed by atoms with Crippen LogP contribution in [-0.2, 0) is 4.79 Å². The van der Waals surface area contributed by atoms with Gasteiger partial charge in [-0.1, -0.05) is 0 Å². The molecule has 7 heteroatoms. The maximum Gasteiger partial charge on any atom is 0.405 e. The number of halogens is 3. The number of amides is 1. The zero-order valence-electron chi connectivity index (χ0n) is 12.6. The lowest BCUT2D eigenvalue weighted by atomic mass is 9.95. The van der Waals surface area contributed by atoms with E-state index in [1.165, 1.54) is 4.90 Å². The Labute approximate surface area is 123 Å². The molecule has 2 unspecified atom stereocenters. The van der Waals surface area contributed by atoms with Crippen LogP contribution in [-0.4, -0.2) is 66.7 Å². The molecule has 2 rings (SSSR count). The maximum absolute atomic E-state index is 13.1. The Morgan fingerprint density at radius 2 is 2.10 bits per heavy atom. The summed E-state index contributed by atoms with van der Waals surface area (Å²) >= 11 is 0. The van der Waals surface area contributed by atoms with Gasteiger partial charge in [-0.05, 0) is 39.2 Å². The van der Waals surface area contributed by atoms with Crippen molar-refractivity contribution >= 4 is 5.91 Å². The summed E-state index contributed by atoms with van der Waals surface area (Å²) in [6.07, 6.45) is -2.34. The first-order valence-corrected chi connectivity index (χ1v) is 7.59. The van der Waals surface area contributed by atoms with Crippen molar-refractivity contribution in [1.29, 1.82) is 0 Å². The standard InChI is InChI=1S/C14H24F3N3O/c1-10(2)19-5-3-4-11(7-19)8-20-9-13(21)18-6-12(20)14(15,16)17/h10-12H,3-9H2,1-2H3,(H,18,21). The van der Waals surface area contributed by atoms with E-state index in [2.05, 4.69) is 24.1 Å². The van der Waals surface area contributed by atoms with Gasteiger partial charge in [0.15, 0.2) is 0 Å². The molecule has 0 aromatic heterocycles. The molecular weight excluding hydrogens is 283 g/mol. The molecule has 0 aromatic rings. The van der Waals surface area contributed by atoms with Gasteiger partial charge in [0.25, 0.3) is 0 Å². The Hall–Kier alpha value is -0.820. The Balaban J connectivity index is 1.99. The number of carbonyl (C=O) groups excluding carboxylic acids is 1. The molecule has 0 bridgehead atoms. The molecule has 2 fully saturated rings. The number of nitrogens with zero attached hydrogens (tertiary/aromatic N) is 2. The fraction of sp³-hybridized carbons (Fsp3) is 0.929. The number of alkyl halides is 3. The van der Waals surface area contributed by atoms with E-state index in [0.29, 0.717) is 12.6 Å². The van der Waals surface area contributed by atoms with Crippen molar-refractivity contribution in [3.05, 3.63) is 0 Å². The number of piperazine rings is 1. The van der Waals surface area contributed by atoms with E-state index in [0.717, 1.165) is 25.9 Å². The van der Waals surface area contributed by atoms with E-state index >= 15 is 0 Å². The first-order valence-electron chi connectivity index (χ1n) is 7.59. The highest BCUT2D eigenvalue weighted by molar-refractivity contribution is 5.78. The lowest BCUT2D eigenvalue weighted by Gasteiger charge is -2.41. The molecule has 2 saturated heterocycles. The molecule has 2 atom stereocenters. The number of hydrogen-bond acceptors (Lipinski definition) is 3. The van der Waals surface area contributed by atoms with Gasteiger partial charge in [0.1, 0.15) is 6.04 Å². The van der Waals surface area contributed by atoms with Crippen molar-refractivity contribution in [2.75, 3.05) is 32.7 Å². The van der Waals surface area contributed by atoms with Crippen molar-refractivity contribution in [3.63, 3.8) is 0 Å². The van der Waals surface area contributed by atoms with E-state index in [4.69, 9.17) is 0 Å². The van der Waals surface area contributed by atoms with Crippen LogP contribution >= 0.6 is 0 Å². The molecule has 21 heavy (non-hydrogen) atoms. The Kier molecular flexibility index (Phi) is 5.14. The largest absolute Gasteiger partial charge is 0.405 e. The van der Waals surface area contributed by atoms with E-state index in [1.807, 2.05) is 0 Å². The third-order valence-corrected chi connectivity index (χ3v) is 4.43. The minimum atomic E-state index is -4.29. The summed E-state index contributed by atoms with van der Waals surface area (Å²) in [6, 6.07) is -1.14. The second-order valence-corrected chi connectivity index (χ2v) is 6.39. The molecule has 0 spiro atoms. The summed E-state index contributed by atoms with van der Waals surface area (Å²) in [5, 5.41) is 2.32. The highest BCUT2D eigenvalue weighted by Crippen LogP contribution is 2.28. The smallest absolute Gasteiger partial charge is 0.353 e. The van der Waals surface area contributed by atoms with Crippen molar-refractivity contribution in [3.8, 4) is 0 Å². The average molecular weight is 307 g/mol. The number of carbonyl (C=O) groups is 1. The van der Waals surface area contributed by atoms with Crippen LogP contribution in [0.2, 0.25) is 0 Å². The van der Waals surface area contributed by atoms with Gasteiger partial charge in [0.05, 0.1) is 6.54 Å². The van der Waals surface area contributed by atoms with Gasteiger partial charge in [0, 0.05) is 25.7 Å². The van der Waals surface area contributed by atoms with Crippen LogP contribution in [0.1, 0.15) is 26.7 Å². The third kappa shape index (κ3) is 4.32. The van der Waals surface area contributed by atoms with Gasteiger partial charge in [-0.2, -0.15) is 13.2 Å². The van der Waals surface area contributed by atoms with E-state index in [-0.39, 0.29) is 24.9 Å². The van der Waals surface area contributed by atoms with Crippen molar-refractivity contribution in [2.45, 2.75) is 44.9 Å². The molecule has 0 radical (unpaired) electrons. The van der Waals surface area contributed by atoms with E-state index < -0.39 is 12.2 Å². The van der Waals surface area contributed by atoms with Crippen LogP contribution in [0.25, 0.3) is 0 Å². The number of rotatable bonds is 3. The second kappa shape index (κ2) is 6.52. The van der Waals surface area contributed by atoms with Crippen LogP contribution in [0.3, 0.4) is 0 Å². The number of nitrogens with one attached hydrogen (secondary N) is 1. The summed E-state index contributed by atoms with van der Waals surface area (Å²) in [5.74, 6) is -0.107. The fourth-order valence-electron chi connectivity index (χ4n) is 3.25. The second-order valence-electron chi connectivity index (χ2n) is 6.39. The molecule has 122 valence electrons. The molecule has 4 nitrogen and oxygen atoms in total. The first kappa shape index (κ1) is 16.5. The molecule has 2 aliphatic heterocycles. The van der Waals surface area contributed by atoms with Gasteiger partial charge in [0.2, 0.25) is 5.91 Å². The highest BCUT2D eigenvalue weighted by Gasteiger charge is 2.46. The lowest BCUT2D eigenvalue weighted by molar-refractivity contribution is -0.190. The molecule has 2 aliphatic rings. The quantitative estimate of drug-likeness (QED) is 0.858. The number of hydrogen-bond donors (Lipinski definition) is 1. The average Bonchev–Trinajstić information content (AvgIpc) is 2.37. The molecule has 0 saturated carbocycles. The third-order valence-electron chi connectivity index (χ3n) is 4.43. The normalized spacial score (nSPS) is 29.7. The summed E-state index contributed by atoms with van der Waals surface area (Å²) in [6.45, 7) is 5.91. The van der Waals surface area contributed by atoms with Gasteiger partial charge in [-0.15, -0.1) is 0 Å². The monoisotopic (exact) mass is 307 g/mol. The number of likely N-dealkylation sites (tertiary alicyclic amines) is 1. The first-order chi connectivity index (χ1) is 9.77. The van der Waals surface area contributed by atoms with Gasteiger partial charge >= 0.3 is 6.18 Å². The van der Waals surface area contributed by atoms with E-state index in [9.17, 15) is 18.0 Å².